The van der Waals surface area contributed by atoms with E-state index in [1.807, 2.05) is 19.1 Å². The van der Waals surface area contributed by atoms with Gasteiger partial charge in [-0.2, -0.15) is 0 Å². The fraction of sp³-hybridized carbons (Fsp3) is 0.526. The van der Waals surface area contributed by atoms with Crippen molar-refractivity contribution in [1.29, 1.82) is 0 Å². The van der Waals surface area contributed by atoms with Crippen molar-refractivity contribution >= 4 is 5.95 Å². The molecule has 6 nitrogen and oxygen atoms in total. The van der Waals surface area contributed by atoms with Crippen molar-refractivity contribution < 1.29 is 4.74 Å². The summed E-state index contributed by atoms with van der Waals surface area (Å²) in [6.07, 6.45) is 6.63. The third-order valence-electron chi connectivity index (χ3n) is 5.12. The minimum Gasteiger partial charge on any atom is -0.373 e. The first-order valence-electron chi connectivity index (χ1n) is 9.03. The Morgan fingerprint density at radius 3 is 3.00 bits per heavy atom. The summed E-state index contributed by atoms with van der Waals surface area (Å²) in [5, 5.41) is 3.47. The standard InChI is InChI=1S/C19H25N5O/c1-15-4-2-5-17(22-15)13-24-10-7-19(14-24)12-16(6-11-25-19)23-18-20-8-3-9-21-18/h2-5,8-9,16H,6-7,10-14H2,1H3,(H,20,21,23)/t16-,19-/m0/s1. The predicted octanol–water partition coefficient (Wildman–Crippen LogP) is 2.42. The summed E-state index contributed by atoms with van der Waals surface area (Å²) in [4.78, 5) is 15.7. The van der Waals surface area contributed by atoms with Gasteiger partial charge in [0, 0.05) is 50.4 Å². The Labute approximate surface area is 148 Å². The lowest BCUT2D eigenvalue weighted by molar-refractivity contribution is -0.0738. The Morgan fingerprint density at radius 2 is 2.16 bits per heavy atom. The van der Waals surface area contributed by atoms with Crippen LogP contribution in [0.25, 0.3) is 0 Å². The molecule has 0 amide bonds. The number of pyridine rings is 1. The zero-order valence-corrected chi connectivity index (χ0v) is 14.7. The van der Waals surface area contributed by atoms with E-state index in [0.29, 0.717) is 12.0 Å². The van der Waals surface area contributed by atoms with Gasteiger partial charge in [-0.1, -0.05) is 6.07 Å². The zero-order chi connectivity index (χ0) is 17.1. The molecule has 0 aromatic carbocycles. The second-order valence-corrected chi connectivity index (χ2v) is 7.17. The molecule has 0 bridgehead atoms. The Kier molecular flexibility index (Phi) is 4.63. The maximum absolute atomic E-state index is 6.24. The molecular weight excluding hydrogens is 314 g/mol. The molecule has 2 atom stereocenters. The Hall–Kier alpha value is -2.05. The molecule has 2 aliphatic rings. The van der Waals surface area contributed by atoms with Crippen LogP contribution in [0.2, 0.25) is 0 Å². The van der Waals surface area contributed by atoms with Gasteiger partial charge in [-0.25, -0.2) is 9.97 Å². The summed E-state index contributed by atoms with van der Waals surface area (Å²) in [5.74, 6) is 0.711. The molecule has 0 aliphatic carbocycles. The van der Waals surface area contributed by atoms with Gasteiger partial charge in [0.25, 0.3) is 0 Å². The van der Waals surface area contributed by atoms with Crippen LogP contribution in [0.4, 0.5) is 5.95 Å². The number of aromatic nitrogens is 3. The smallest absolute Gasteiger partial charge is 0.222 e. The topological polar surface area (TPSA) is 63.2 Å². The lowest BCUT2D eigenvalue weighted by Gasteiger charge is -2.38. The van der Waals surface area contributed by atoms with Crippen LogP contribution in [0.1, 0.15) is 30.7 Å². The quantitative estimate of drug-likeness (QED) is 0.923. The number of rotatable bonds is 4. The van der Waals surface area contributed by atoms with Crippen molar-refractivity contribution in [2.24, 2.45) is 0 Å². The van der Waals surface area contributed by atoms with Crippen molar-refractivity contribution in [2.45, 2.75) is 44.4 Å². The Balaban J connectivity index is 1.37. The molecule has 4 rings (SSSR count). The molecule has 2 aromatic rings. The molecule has 2 aromatic heterocycles. The summed E-state index contributed by atoms with van der Waals surface area (Å²) in [5.41, 5.74) is 2.17. The van der Waals surface area contributed by atoms with Crippen molar-refractivity contribution in [2.75, 3.05) is 25.0 Å². The number of likely N-dealkylation sites (tertiary alicyclic amines) is 1. The summed E-state index contributed by atoms with van der Waals surface area (Å²) < 4.78 is 6.24. The van der Waals surface area contributed by atoms with Crippen LogP contribution < -0.4 is 5.32 Å². The fourth-order valence-electron chi connectivity index (χ4n) is 3.97. The molecule has 4 heterocycles. The van der Waals surface area contributed by atoms with Crippen LogP contribution in [0.3, 0.4) is 0 Å². The van der Waals surface area contributed by atoms with E-state index in [1.165, 1.54) is 0 Å². The number of hydrogen-bond donors (Lipinski definition) is 1. The van der Waals surface area contributed by atoms with Gasteiger partial charge in [-0.05, 0) is 44.4 Å². The number of nitrogens with zero attached hydrogens (tertiary/aromatic N) is 4. The summed E-state index contributed by atoms with van der Waals surface area (Å²) in [6, 6.07) is 8.44. The van der Waals surface area contributed by atoms with Crippen LogP contribution in [0.15, 0.2) is 36.7 Å². The molecule has 0 radical (unpaired) electrons. The average Bonchev–Trinajstić information content (AvgIpc) is 2.97. The van der Waals surface area contributed by atoms with Gasteiger partial charge >= 0.3 is 0 Å². The number of anilines is 1. The largest absolute Gasteiger partial charge is 0.373 e. The molecule has 0 unspecified atom stereocenters. The molecule has 2 aliphatic heterocycles. The molecule has 132 valence electrons. The molecule has 25 heavy (non-hydrogen) atoms. The zero-order valence-electron chi connectivity index (χ0n) is 14.7. The minimum absolute atomic E-state index is 0.0471. The number of hydrogen-bond acceptors (Lipinski definition) is 6. The molecular formula is C19H25N5O. The molecule has 6 heteroatoms. The third-order valence-corrected chi connectivity index (χ3v) is 5.12. The predicted molar refractivity (Wildman–Crippen MR) is 96.2 cm³/mol. The summed E-state index contributed by atoms with van der Waals surface area (Å²) >= 11 is 0. The van der Waals surface area contributed by atoms with E-state index in [4.69, 9.17) is 4.74 Å². The number of ether oxygens (including phenoxy) is 1. The number of nitrogens with one attached hydrogen (secondary N) is 1. The SMILES string of the molecule is Cc1cccc(CN2CC[C@]3(C[C@@H](Nc4ncccn4)CCO3)C2)n1. The highest BCUT2D eigenvalue weighted by Crippen LogP contribution is 2.35. The Bertz CT molecular complexity index is 710. The van der Waals surface area contributed by atoms with Crippen LogP contribution in [0.5, 0.6) is 0 Å². The van der Waals surface area contributed by atoms with Crippen molar-refractivity contribution in [3.8, 4) is 0 Å². The van der Waals surface area contributed by atoms with E-state index in [1.54, 1.807) is 12.4 Å². The number of aryl methyl sites for hydroxylation is 1. The fourth-order valence-corrected chi connectivity index (χ4v) is 3.97. The highest BCUT2D eigenvalue weighted by molar-refractivity contribution is 5.25. The first kappa shape index (κ1) is 16.4. The third kappa shape index (κ3) is 3.96. The average molecular weight is 339 g/mol. The van der Waals surface area contributed by atoms with Gasteiger partial charge in [-0.15, -0.1) is 0 Å². The highest BCUT2D eigenvalue weighted by atomic mass is 16.5. The first-order chi connectivity index (χ1) is 12.2. The second kappa shape index (κ2) is 7.06. The van der Waals surface area contributed by atoms with Crippen LogP contribution in [-0.2, 0) is 11.3 Å². The molecule has 2 fully saturated rings. The van der Waals surface area contributed by atoms with Crippen molar-refractivity contribution in [1.82, 2.24) is 19.9 Å². The lowest BCUT2D eigenvalue weighted by Crippen LogP contribution is -2.46. The van der Waals surface area contributed by atoms with Gasteiger partial charge in [0.15, 0.2) is 0 Å². The maximum Gasteiger partial charge on any atom is 0.222 e. The van der Waals surface area contributed by atoms with E-state index in [9.17, 15) is 0 Å². The van der Waals surface area contributed by atoms with Gasteiger partial charge < -0.3 is 10.1 Å². The van der Waals surface area contributed by atoms with E-state index in [-0.39, 0.29) is 5.60 Å². The second-order valence-electron chi connectivity index (χ2n) is 7.17. The summed E-state index contributed by atoms with van der Waals surface area (Å²) in [7, 11) is 0. The molecule has 1 spiro atoms. The molecule has 1 N–H and O–H groups in total. The van der Waals surface area contributed by atoms with Gasteiger partial charge in [0.05, 0.1) is 11.3 Å². The summed E-state index contributed by atoms with van der Waals surface area (Å²) in [6.45, 7) is 5.76. The van der Waals surface area contributed by atoms with Crippen LogP contribution in [0, 0.1) is 6.92 Å². The van der Waals surface area contributed by atoms with Crippen molar-refractivity contribution in [3.63, 3.8) is 0 Å². The normalized spacial score (nSPS) is 26.8. The minimum atomic E-state index is -0.0471. The molecule has 0 saturated carbocycles. The van der Waals surface area contributed by atoms with Gasteiger partial charge in [0.1, 0.15) is 0 Å². The van der Waals surface area contributed by atoms with Crippen LogP contribution in [-0.4, -0.2) is 51.2 Å². The first-order valence-corrected chi connectivity index (χ1v) is 9.03. The van der Waals surface area contributed by atoms with E-state index < -0.39 is 0 Å². The monoisotopic (exact) mass is 339 g/mol. The van der Waals surface area contributed by atoms with E-state index in [0.717, 1.165) is 56.9 Å². The van der Waals surface area contributed by atoms with E-state index >= 15 is 0 Å². The maximum atomic E-state index is 6.24. The van der Waals surface area contributed by atoms with Gasteiger partial charge in [0.2, 0.25) is 5.95 Å². The molecule has 2 saturated heterocycles. The Morgan fingerprint density at radius 1 is 1.28 bits per heavy atom. The van der Waals surface area contributed by atoms with Crippen molar-refractivity contribution in [3.05, 3.63) is 48.0 Å². The lowest BCUT2D eigenvalue weighted by atomic mass is 9.89. The van der Waals surface area contributed by atoms with Crippen LogP contribution >= 0.6 is 0 Å². The highest BCUT2D eigenvalue weighted by Gasteiger charge is 2.43. The van der Waals surface area contributed by atoms with E-state index in [2.05, 4.69) is 37.3 Å². The van der Waals surface area contributed by atoms with Gasteiger partial charge in [-0.3, -0.25) is 9.88 Å².